The van der Waals surface area contributed by atoms with E-state index in [1.54, 1.807) is 0 Å². The number of aryl methyl sites for hydroxylation is 1. The van der Waals surface area contributed by atoms with Gasteiger partial charge in [0.1, 0.15) is 5.54 Å². The van der Waals surface area contributed by atoms with E-state index in [1.165, 1.54) is 0 Å². The summed E-state index contributed by atoms with van der Waals surface area (Å²) in [4.78, 5) is 28.9. The number of carbonyl (C=O) groups is 2. The van der Waals surface area contributed by atoms with Gasteiger partial charge in [-0.05, 0) is 50.9 Å². The summed E-state index contributed by atoms with van der Waals surface area (Å²) >= 11 is 0. The van der Waals surface area contributed by atoms with Gasteiger partial charge in [-0.3, -0.25) is 14.5 Å². The number of rotatable bonds is 2. The number of carbonyl (C=O) groups excluding carboxylic acids is 2. The van der Waals surface area contributed by atoms with Crippen molar-refractivity contribution in [2.45, 2.75) is 37.8 Å². The van der Waals surface area contributed by atoms with Gasteiger partial charge >= 0.3 is 0 Å². The fraction of sp³-hybridized carbons (Fsp3) is 0.364. The minimum Gasteiger partial charge on any atom is -0.326 e. The average Bonchev–Trinajstić information content (AvgIpc) is 3.32. The molecule has 1 spiro atoms. The van der Waals surface area contributed by atoms with Crippen LogP contribution in [-0.2, 0) is 15.1 Å². The second-order valence-electron chi connectivity index (χ2n) is 7.90. The van der Waals surface area contributed by atoms with E-state index in [4.69, 9.17) is 0 Å². The third-order valence-corrected chi connectivity index (χ3v) is 6.41. The zero-order valence-corrected chi connectivity index (χ0v) is 15.4. The summed E-state index contributed by atoms with van der Waals surface area (Å²) in [7, 11) is 0. The maximum Gasteiger partial charge on any atom is 0.250 e. The van der Waals surface area contributed by atoms with E-state index < -0.39 is 11.5 Å². The summed E-state index contributed by atoms with van der Waals surface area (Å²) < 4.78 is 0. The monoisotopic (exact) mass is 361 g/mol. The summed E-state index contributed by atoms with van der Waals surface area (Å²) in [6, 6.07) is 15.9. The summed E-state index contributed by atoms with van der Waals surface area (Å²) in [5.41, 5.74) is 2.83. The van der Waals surface area contributed by atoms with Crippen LogP contribution in [0, 0.1) is 12.8 Å². The number of nitrogens with zero attached hydrogens (tertiary/aromatic N) is 1. The number of hydrogen-bond donors (Lipinski definition) is 2. The Kier molecular flexibility index (Phi) is 3.62. The van der Waals surface area contributed by atoms with Gasteiger partial charge < -0.3 is 10.6 Å². The number of para-hydroxylation sites is 1. The van der Waals surface area contributed by atoms with Crippen LogP contribution in [0.2, 0.25) is 0 Å². The topological polar surface area (TPSA) is 61.4 Å². The largest absolute Gasteiger partial charge is 0.326 e. The quantitative estimate of drug-likeness (QED) is 0.863. The fourth-order valence-corrected chi connectivity index (χ4v) is 5.25. The highest BCUT2D eigenvalue weighted by Crippen LogP contribution is 2.55. The van der Waals surface area contributed by atoms with Gasteiger partial charge in [0.15, 0.2) is 0 Å². The molecular formula is C22H23N3O2. The molecule has 3 aliphatic rings. The van der Waals surface area contributed by atoms with E-state index in [1.807, 2.05) is 55.5 Å². The molecule has 0 saturated carbocycles. The zero-order valence-electron chi connectivity index (χ0n) is 15.4. The Morgan fingerprint density at radius 1 is 1.19 bits per heavy atom. The first-order chi connectivity index (χ1) is 13.1. The van der Waals surface area contributed by atoms with E-state index >= 15 is 0 Å². The lowest BCUT2D eigenvalue weighted by Crippen LogP contribution is -2.53. The molecule has 0 bridgehead atoms. The lowest BCUT2D eigenvalue weighted by molar-refractivity contribution is -0.135. The van der Waals surface area contributed by atoms with Gasteiger partial charge in [0.2, 0.25) is 11.8 Å². The number of amides is 2. The molecule has 138 valence electrons. The van der Waals surface area contributed by atoms with Crippen molar-refractivity contribution in [2.75, 3.05) is 17.2 Å². The van der Waals surface area contributed by atoms with Crippen LogP contribution in [0.1, 0.15) is 30.4 Å². The average molecular weight is 361 g/mol. The summed E-state index contributed by atoms with van der Waals surface area (Å²) in [6.07, 6.45) is 2.85. The predicted molar refractivity (Wildman–Crippen MR) is 104 cm³/mol. The molecule has 0 aromatic heterocycles. The van der Waals surface area contributed by atoms with Gasteiger partial charge in [0.25, 0.3) is 0 Å². The Morgan fingerprint density at radius 3 is 2.78 bits per heavy atom. The molecule has 0 radical (unpaired) electrons. The molecule has 2 fully saturated rings. The molecule has 2 N–H and O–H groups in total. The summed E-state index contributed by atoms with van der Waals surface area (Å²) in [5.74, 6) is -0.523. The lowest BCUT2D eigenvalue weighted by atomic mass is 9.78. The molecule has 5 nitrogen and oxygen atoms in total. The van der Waals surface area contributed by atoms with Crippen molar-refractivity contribution in [3.63, 3.8) is 0 Å². The minimum atomic E-state index is -0.882. The van der Waals surface area contributed by atoms with Crippen molar-refractivity contribution in [3.05, 3.63) is 59.7 Å². The van der Waals surface area contributed by atoms with Crippen molar-refractivity contribution in [1.82, 2.24) is 4.90 Å². The second-order valence-corrected chi connectivity index (χ2v) is 7.90. The van der Waals surface area contributed by atoms with Crippen LogP contribution < -0.4 is 10.6 Å². The second kappa shape index (κ2) is 5.92. The van der Waals surface area contributed by atoms with Crippen LogP contribution in [0.4, 0.5) is 11.4 Å². The van der Waals surface area contributed by atoms with Crippen LogP contribution in [0.5, 0.6) is 0 Å². The van der Waals surface area contributed by atoms with E-state index in [0.717, 1.165) is 48.3 Å². The maximum atomic E-state index is 13.3. The molecule has 2 amide bonds. The minimum absolute atomic E-state index is 0.0582. The third kappa shape index (κ3) is 2.28. The highest BCUT2D eigenvalue weighted by atomic mass is 16.2. The van der Waals surface area contributed by atoms with Crippen LogP contribution in [0.25, 0.3) is 0 Å². The van der Waals surface area contributed by atoms with E-state index in [2.05, 4.69) is 15.5 Å². The number of benzene rings is 2. The molecule has 3 heterocycles. The van der Waals surface area contributed by atoms with Crippen LogP contribution in [-0.4, -0.2) is 29.3 Å². The van der Waals surface area contributed by atoms with Crippen molar-refractivity contribution in [3.8, 4) is 0 Å². The molecule has 2 saturated heterocycles. The van der Waals surface area contributed by atoms with Gasteiger partial charge in [0.05, 0.1) is 5.92 Å². The van der Waals surface area contributed by atoms with Gasteiger partial charge in [-0.25, -0.2) is 0 Å². The van der Waals surface area contributed by atoms with Gasteiger partial charge in [-0.2, -0.15) is 0 Å². The van der Waals surface area contributed by atoms with Crippen molar-refractivity contribution in [1.29, 1.82) is 0 Å². The molecule has 5 heteroatoms. The Labute approximate surface area is 158 Å². The standard InChI is InChI=1S/C22H23N3O2/c1-14-8-10-15(11-9-14)23-20(26)18-13-16-5-4-12-25(16)22(18)17-6-2-3-7-19(17)24-21(22)27/h2-3,6-11,16,18H,4-5,12-13H2,1H3,(H,23,26)(H,24,27)/t16-,18-,22-/m1/s1. The molecule has 3 aliphatic heterocycles. The van der Waals surface area contributed by atoms with Gasteiger partial charge in [-0.1, -0.05) is 35.9 Å². The SMILES string of the molecule is Cc1ccc(NC(=O)[C@H]2C[C@H]3CCCN3[C@@]23C(=O)Nc2ccccc23)cc1. The smallest absolute Gasteiger partial charge is 0.250 e. The Hall–Kier alpha value is -2.66. The van der Waals surface area contributed by atoms with E-state index in [9.17, 15) is 9.59 Å². The molecule has 0 aliphatic carbocycles. The van der Waals surface area contributed by atoms with Crippen LogP contribution in [0.3, 0.4) is 0 Å². The van der Waals surface area contributed by atoms with Crippen LogP contribution >= 0.6 is 0 Å². The lowest BCUT2D eigenvalue weighted by Gasteiger charge is -2.36. The Balaban J connectivity index is 1.56. The first-order valence-corrected chi connectivity index (χ1v) is 9.66. The predicted octanol–water partition coefficient (Wildman–Crippen LogP) is 3.27. The fourth-order valence-electron chi connectivity index (χ4n) is 5.25. The molecule has 27 heavy (non-hydrogen) atoms. The van der Waals surface area contributed by atoms with Crippen LogP contribution in [0.15, 0.2) is 48.5 Å². The van der Waals surface area contributed by atoms with Gasteiger partial charge in [-0.15, -0.1) is 0 Å². The van der Waals surface area contributed by atoms with Crippen molar-refractivity contribution in [2.24, 2.45) is 5.92 Å². The Bertz CT molecular complexity index is 923. The molecular weight excluding hydrogens is 338 g/mol. The van der Waals surface area contributed by atoms with E-state index in [-0.39, 0.29) is 17.9 Å². The molecule has 5 rings (SSSR count). The zero-order chi connectivity index (χ0) is 18.6. The molecule has 2 aromatic rings. The summed E-state index contributed by atoms with van der Waals surface area (Å²) in [6.45, 7) is 2.88. The summed E-state index contributed by atoms with van der Waals surface area (Å²) in [5, 5.41) is 6.10. The Morgan fingerprint density at radius 2 is 1.96 bits per heavy atom. The maximum absolute atomic E-state index is 13.3. The van der Waals surface area contributed by atoms with Crippen molar-refractivity contribution >= 4 is 23.2 Å². The van der Waals surface area contributed by atoms with E-state index in [0.29, 0.717) is 0 Å². The molecule has 2 aromatic carbocycles. The highest BCUT2D eigenvalue weighted by molar-refractivity contribution is 6.10. The number of nitrogens with one attached hydrogen (secondary N) is 2. The normalized spacial score (nSPS) is 28.9. The van der Waals surface area contributed by atoms with Gasteiger partial charge in [0, 0.05) is 23.0 Å². The third-order valence-electron chi connectivity index (χ3n) is 6.41. The first-order valence-electron chi connectivity index (χ1n) is 9.66. The van der Waals surface area contributed by atoms with Crippen molar-refractivity contribution < 1.29 is 9.59 Å². The first kappa shape index (κ1) is 16.5. The number of hydrogen-bond acceptors (Lipinski definition) is 3. The molecule has 3 atom stereocenters. The molecule has 0 unspecified atom stereocenters. The highest BCUT2D eigenvalue weighted by Gasteiger charge is 2.65. The number of anilines is 2. The number of fused-ring (bicyclic) bond motifs is 4.